The molecule has 3 aromatic carbocycles. The van der Waals surface area contributed by atoms with E-state index in [-0.39, 0.29) is 5.91 Å². The van der Waals surface area contributed by atoms with Crippen LogP contribution in [0.2, 0.25) is 0 Å². The normalized spacial score (nSPS) is 11.8. The Labute approximate surface area is 197 Å². The van der Waals surface area contributed by atoms with Crippen molar-refractivity contribution in [1.82, 2.24) is 10.2 Å². The van der Waals surface area contributed by atoms with E-state index in [1.54, 1.807) is 7.11 Å². The molecule has 1 N–H and O–H groups in total. The molecule has 0 aliphatic heterocycles. The van der Waals surface area contributed by atoms with Crippen LogP contribution in [-0.4, -0.2) is 23.2 Å². The van der Waals surface area contributed by atoms with Gasteiger partial charge in [-0.2, -0.15) is 0 Å². The Kier molecular flexibility index (Phi) is 6.79. The molecule has 0 spiro atoms. The van der Waals surface area contributed by atoms with E-state index in [1.165, 1.54) is 17.3 Å². The van der Waals surface area contributed by atoms with E-state index in [0.29, 0.717) is 22.6 Å². The maximum absolute atomic E-state index is 13.4. The minimum Gasteiger partial charge on any atom is -0.495 e. The molecule has 0 bridgehead atoms. The number of ether oxygens (including phenoxy) is 1. The molecule has 168 valence electrons. The summed E-state index contributed by atoms with van der Waals surface area (Å²) in [6.07, 6.45) is 0. The van der Waals surface area contributed by atoms with E-state index in [2.05, 4.69) is 22.4 Å². The Bertz CT molecular complexity index is 1270. The van der Waals surface area contributed by atoms with Gasteiger partial charge in [0.25, 0.3) is 5.22 Å². The van der Waals surface area contributed by atoms with Crippen molar-refractivity contribution < 1.29 is 13.9 Å². The zero-order valence-corrected chi connectivity index (χ0v) is 19.8. The average molecular weight is 460 g/mol. The van der Waals surface area contributed by atoms with Crippen LogP contribution in [0.3, 0.4) is 0 Å². The van der Waals surface area contributed by atoms with Crippen LogP contribution in [0.1, 0.15) is 27.5 Å². The van der Waals surface area contributed by atoms with Crippen LogP contribution in [0.15, 0.2) is 76.4 Å². The predicted octanol–water partition coefficient (Wildman–Crippen LogP) is 6.14. The summed E-state index contributed by atoms with van der Waals surface area (Å²) in [6, 6.07) is 21.2. The quantitative estimate of drug-likeness (QED) is 0.334. The maximum atomic E-state index is 13.4. The molecule has 7 heteroatoms. The second kappa shape index (κ2) is 9.92. The molecule has 0 saturated heterocycles. The summed E-state index contributed by atoms with van der Waals surface area (Å²) in [5.41, 5.74) is 5.66. The van der Waals surface area contributed by atoms with Crippen LogP contribution < -0.4 is 10.1 Å². The van der Waals surface area contributed by atoms with Crippen molar-refractivity contribution in [3.63, 3.8) is 0 Å². The second-order valence-electron chi connectivity index (χ2n) is 7.77. The van der Waals surface area contributed by atoms with Gasteiger partial charge in [0.05, 0.1) is 12.8 Å². The first-order valence-electron chi connectivity index (χ1n) is 10.5. The molecule has 0 radical (unpaired) electrons. The molecule has 0 fully saturated rings. The Morgan fingerprint density at radius 2 is 1.76 bits per heavy atom. The summed E-state index contributed by atoms with van der Waals surface area (Å²) in [4.78, 5) is 13.4. The van der Waals surface area contributed by atoms with Gasteiger partial charge in [0, 0.05) is 5.56 Å². The molecule has 1 aromatic heterocycles. The van der Waals surface area contributed by atoms with Gasteiger partial charge in [0.2, 0.25) is 11.8 Å². The standard InChI is InChI=1S/C26H25N3O3S/c1-16-10-13-22(31-4)21(14-16)27-24(30)23(19-8-6-5-7-9-19)33-26-29-28-25(32-26)20-12-11-17(2)18(3)15-20/h5-15,23H,1-4H3,(H,27,30). The van der Waals surface area contributed by atoms with Crippen molar-refractivity contribution in [3.05, 3.63) is 89.0 Å². The van der Waals surface area contributed by atoms with Crippen LogP contribution in [-0.2, 0) is 4.79 Å². The lowest BCUT2D eigenvalue weighted by Crippen LogP contribution is -2.19. The molecular formula is C26H25N3O3S. The fraction of sp³-hybridized carbons (Fsp3) is 0.192. The molecular weight excluding hydrogens is 434 g/mol. The van der Waals surface area contributed by atoms with Gasteiger partial charge in [0.1, 0.15) is 11.0 Å². The minimum atomic E-state index is -0.593. The average Bonchev–Trinajstić information content (AvgIpc) is 3.29. The van der Waals surface area contributed by atoms with Crippen molar-refractivity contribution in [2.24, 2.45) is 0 Å². The van der Waals surface area contributed by atoms with Crippen LogP contribution >= 0.6 is 11.8 Å². The zero-order chi connectivity index (χ0) is 23.4. The minimum absolute atomic E-state index is 0.207. The number of aryl methyl sites for hydroxylation is 3. The molecule has 0 saturated carbocycles. The van der Waals surface area contributed by atoms with Crippen LogP contribution in [0.4, 0.5) is 5.69 Å². The smallest absolute Gasteiger partial charge is 0.277 e. The third-order valence-corrected chi connectivity index (χ3v) is 6.42. The number of carbonyl (C=O) groups is 1. The maximum Gasteiger partial charge on any atom is 0.277 e. The summed E-state index contributed by atoms with van der Waals surface area (Å²) < 4.78 is 11.3. The van der Waals surface area contributed by atoms with E-state index in [4.69, 9.17) is 9.15 Å². The van der Waals surface area contributed by atoms with Crippen LogP contribution in [0.5, 0.6) is 5.75 Å². The number of aromatic nitrogens is 2. The van der Waals surface area contributed by atoms with Gasteiger partial charge in [-0.1, -0.05) is 42.5 Å². The van der Waals surface area contributed by atoms with Gasteiger partial charge in [-0.3, -0.25) is 4.79 Å². The van der Waals surface area contributed by atoms with E-state index >= 15 is 0 Å². The molecule has 0 aliphatic carbocycles. The fourth-order valence-corrected chi connectivity index (χ4v) is 4.24. The number of nitrogens with one attached hydrogen (secondary N) is 1. The molecule has 4 aromatic rings. The van der Waals surface area contributed by atoms with Crippen molar-refractivity contribution in [1.29, 1.82) is 0 Å². The number of hydrogen-bond acceptors (Lipinski definition) is 6. The monoisotopic (exact) mass is 459 g/mol. The van der Waals surface area contributed by atoms with Crippen molar-refractivity contribution in [2.75, 3.05) is 12.4 Å². The van der Waals surface area contributed by atoms with Crippen LogP contribution in [0, 0.1) is 20.8 Å². The summed E-state index contributed by atoms with van der Waals surface area (Å²) in [6.45, 7) is 6.06. The van der Waals surface area contributed by atoms with Gasteiger partial charge in [-0.15, -0.1) is 10.2 Å². The third kappa shape index (κ3) is 5.26. The number of amides is 1. The van der Waals surface area contributed by atoms with Gasteiger partial charge in [-0.25, -0.2) is 0 Å². The van der Waals surface area contributed by atoms with E-state index < -0.39 is 5.25 Å². The van der Waals surface area contributed by atoms with Crippen LogP contribution in [0.25, 0.3) is 11.5 Å². The molecule has 1 heterocycles. The number of thioether (sulfide) groups is 1. The second-order valence-corrected chi connectivity index (χ2v) is 8.83. The van der Waals surface area contributed by atoms with E-state index in [1.807, 2.05) is 80.6 Å². The van der Waals surface area contributed by atoms with Gasteiger partial charge in [0.15, 0.2) is 0 Å². The Hall–Kier alpha value is -3.58. The number of hydrogen-bond donors (Lipinski definition) is 1. The topological polar surface area (TPSA) is 77.2 Å². The first kappa shape index (κ1) is 22.6. The lowest BCUT2D eigenvalue weighted by atomic mass is 10.1. The molecule has 1 amide bonds. The zero-order valence-electron chi connectivity index (χ0n) is 19.0. The SMILES string of the molecule is COc1ccc(C)cc1NC(=O)C(Sc1nnc(-c2ccc(C)c(C)c2)o1)c1ccccc1. The highest BCUT2D eigenvalue weighted by molar-refractivity contribution is 8.00. The van der Waals surface area contributed by atoms with Gasteiger partial charge >= 0.3 is 0 Å². The number of carbonyl (C=O) groups excluding carboxylic acids is 1. The molecule has 0 aliphatic rings. The summed E-state index contributed by atoms with van der Waals surface area (Å²) >= 11 is 1.22. The number of nitrogens with zero attached hydrogens (tertiary/aromatic N) is 2. The van der Waals surface area contributed by atoms with Gasteiger partial charge < -0.3 is 14.5 Å². The first-order valence-corrected chi connectivity index (χ1v) is 11.4. The predicted molar refractivity (Wildman–Crippen MR) is 131 cm³/mol. The Morgan fingerprint density at radius 3 is 2.48 bits per heavy atom. The highest BCUT2D eigenvalue weighted by atomic mass is 32.2. The Balaban J connectivity index is 1.61. The molecule has 4 rings (SSSR count). The summed E-state index contributed by atoms with van der Waals surface area (Å²) in [5.74, 6) is 0.815. The number of methoxy groups -OCH3 is 1. The van der Waals surface area contributed by atoms with E-state index in [9.17, 15) is 4.79 Å². The lowest BCUT2D eigenvalue weighted by molar-refractivity contribution is -0.115. The first-order chi connectivity index (χ1) is 15.9. The molecule has 6 nitrogen and oxygen atoms in total. The summed E-state index contributed by atoms with van der Waals surface area (Å²) in [5, 5.41) is 11.1. The van der Waals surface area contributed by atoms with Crippen molar-refractivity contribution in [2.45, 2.75) is 31.2 Å². The number of benzene rings is 3. The molecule has 33 heavy (non-hydrogen) atoms. The summed E-state index contributed by atoms with van der Waals surface area (Å²) in [7, 11) is 1.58. The number of anilines is 1. The Morgan fingerprint density at radius 1 is 0.970 bits per heavy atom. The third-order valence-electron chi connectivity index (χ3n) is 5.33. The lowest BCUT2D eigenvalue weighted by Gasteiger charge is -2.17. The number of rotatable bonds is 7. The largest absolute Gasteiger partial charge is 0.495 e. The molecule has 1 unspecified atom stereocenters. The van der Waals surface area contributed by atoms with Gasteiger partial charge in [-0.05, 0) is 79.1 Å². The molecule has 1 atom stereocenters. The highest BCUT2D eigenvalue weighted by Gasteiger charge is 2.26. The van der Waals surface area contributed by atoms with E-state index in [0.717, 1.165) is 22.3 Å². The van der Waals surface area contributed by atoms with Crippen molar-refractivity contribution in [3.8, 4) is 17.2 Å². The van der Waals surface area contributed by atoms with Crippen molar-refractivity contribution >= 4 is 23.4 Å². The fourth-order valence-electron chi connectivity index (χ4n) is 3.37. The highest BCUT2D eigenvalue weighted by Crippen LogP contribution is 2.37.